The maximum absolute atomic E-state index is 12.3. The molecule has 1 aromatic carbocycles. The standard InChI is InChI=1S/C12H11F3O/c1-7(16)10-6-11(10)8-2-4-9(5-3-8)12(13,14)15/h2-5,10-11H,6H2,1H3/t10-,11+/m0/s1. The fraction of sp³-hybridized carbons (Fsp3) is 0.417. The second kappa shape index (κ2) is 3.61. The van der Waals surface area contributed by atoms with Gasteiger partial charge in [0.05, 0.1) is 5.56 Å². The quantitative estimate of drug-likeness (QED) is 0.758. The van der Waals surface area contributed by atoms with Gasteiger partial charge < -0.3 is 0 Å². The van der Waals surface area contributed by atoms with Gasteiger partial charge in [-0.15, -0.1) is 0 Å². The van der Waals surface area contributed by atoms with Crippen LogP contribution in [0.2, 0.25) is 0 Å². The second-order valence-electron chi connectivity index (χ2n) is 4.18. The third-order valence-corrected chi connectivity index (χ3v) is 2.98. The topological polar surface area (TPSA) is 17.1 Å². The minimum absolute atomic E-state index is 0.0109. The highest BCUT2D eigenvalue weighted by atomic mass is 19.4. The van der Waals surface area contributed by atoms with Crippen LogP contribution in [0.4, 0.5) is 13.2 Å². The molecule has 0 unspecified atom stereocenters. The summed E-state index contributed by atoms with van der Waals surface area (Å²) in [7, 11) is 0. The highest BCUT2D eigenvalue weighted by Crippen LogP contribution is 2.48. The number of alkyl halides is 3. The second-order valence-corrected chi connectivity index (χ2v) is 4.18. The van der Waals surface area contributed by atoms with E-state index in [0.29, 0.717) is 0 Å². The zero-order chi connectivity index (χ0) is 11.9. The van der Waals surface area contributed by atoms with Gasteiger partial charge in [-0.25, -0.2) is 0 Å². The Labute approximate surface area is 91.3 Å². The minimum Gasteiger partial charge on any atom is -0.300 e. The number of benzene rings is 1. The van der Waals surface area contributed by atoms with Crippen molar-refractivity contribution >= 4 is 5.78 Å². The molecular weight excluding hydrogens is 217 g/mol. The van der Waals surface area contributed by atoms with E-state index in [0.717, 1.165) is 24.1 Å². The van der Waals surface area contributed by atoms with Gasteiger partial charge in [-0.2, -0.15) is 13.2 Å². The zero-order valence-electron chi connectivity index (χ0n) is 8.71. The molecule has 1 aliphatic rings. The monoisotopic (exact) mass is 228 g/mol. The Morgan fingerprint density at radius 2 is 1.81 bits per heavy atom. The molecule has 0 amide bonds. The van der Waals surface area contributed by atoms with Crippen LogP contribution in [0.15, 0.2) is 24.3 Å². The molecule has 4 heteroatoms. The number of carbonyl (C=O) groups excluding carboxylic acids is 1. The van der Waals surface area contributed by atoms with E-state index in [1.807, 2.05) is 0 Å². The first-order valence-electron chi connectivity index (χ1n) is 5.07. The molecule has 1 aromatic rings. The van der Waals surface area contributed by atoms with Crippen molar-refractivity contribution in [2.45, 2.75) is 25.4 Å². The number of hydrogen-bond donors (Lipinski definition) is 0. The molecule has 0 aromatic heterocycles. The molecule has 1 saturated carbocycles. The Morgan fingerprint density at radius 1 is 1.25 bits per heavy atom. The van der Waals surface area contributed by atoms with Crippen molar-refractivity contribution in [3.05, 3.63) is 35.4 Å². The summed E-state index contributed by atoms with van der Waals surface area (Å²) >= 11 is 0. The Balaban J connectivity index is 2.13. The SMILES string of the molecule is CC(=O)[C@@H]1C[C@@H]1c1ccc(C(F)(F)F)cc1. The smallest absolute Gasteiger partial charge is 0.300 e. The largest absolute Gasteiger partial charge is 0.416 e. The summed E-state index contributed by atoms with van der Waals surface area (Å²) in [6, 6.07) is 5.09. The van der Waals surface area contributed by atoms with Crippen molar-refractivity contribution in [1.29, 1.82) is 0 Å². The summed E-state index contributed by atoms with van der Waals surface area (Å²) in [6.45, 7) is 1.52. The lowest BCUT2D eigenvalue weighted by molar-refractivity contribution is -0.137. The predicted molar refractivity (Wildman–Crippen MR) is 53.0 cm³/mol. The lowest BCUT2D eigenvalue weighted by Gasteiger charge is -2.07. The van der Waals surface area contributed by atoms with Crippen LogP contribution in [0, 0.1) is 5.92 Å². The van der Waals surface area contributed by atoms with Crippen LogP contribution in [-0.4, -0.2) is 5.78 Å². The molecule has 1 fully saturated rings. The van der Waals surface area contributed by atoms with E-state index >= 15 is 0 Å². The van der Waals surface area contributed by atoms with Crippen molar-refractivity contribution in [2.75, 3.05) is 0 Å². The number of halogens is 3. The Bertz CT molecular complexity index is 405. The van der Waals surface area contributed by atoms with Gasteiger partial charge in [-0.1, -0.05) is 12.1 Å². The highest BCUT2D eigenvalue weighted by Gasteiger charge is 2.42. The molecule has 1 aliphatic carbocycles. The third-order valence-electron chi connectivity index (χ3n) is 2.98. The average molecular weight is 228 g/mol. The van der Waals surface area contributed by atoms with Crippen LogP contribution in [0.5, 0.6) is 0 Å². The molecule has 16 heavy (non-hydrogen) atoms. The van der Waals surface area contributed by atoms with E-state index in [-0.39, 0.29) is 17.6 Å². The molecule has 0 bridgehead atoms. The summed E-state index contributed by atoms with van der Waals surface area (Å²) in [5.41, 5.74) is 0.185. The number of ketones is 1. The lowest BCUT2D eigenvalue weighted by Crippen LogP contribution is -2.04. The number of hydrogen-bond acceptors (Lipinski definition) is 1. The summed E-state index contributed by atoms with van der Waals surface area (Å²) in [4.78, 5) is 11.0. The van der Waals surface area contributed by atoms with Crippen molar-refractivity contribution in [2.24, 2.45) is 5.92 Å². The molecule has 0 aliphatic heterocycles. The number of Topliss-reactive ketones (excluding diaryl/α,β-unsaturated/α-hetero) is 1. The molecular formula is C12H11F3O. The van der Waals surface area contributed by atoms with Gasteiger partial charge in [0.15, 0.2) is 0 Å². The molecule has 0 heterocycles. The lowest BCUT2D eigenvalue weighted by atomic mass is 10.1. The molecule has 86 valence electrons. The normalized spacial score (nSPS) is 24.2. The molecule has 2 rings (SSSR count). The maximum Gasteiger partial charge on any atom is 0.416 e. The Hall–Kier alpha value is -1.32. The minimum atomic E-state index is -4.29. The Kier molecular flexibility index (Phi) is 2.52. The summed E-state index contributed by atoms with van der Waals surface area (Å²) in [6.07, 6.45) is -3.53. The summed E-state index contributed by atoms with van der Waals surface area (Å²) in [5.74, 6) is 0.251. The van der Waals surface area contributed by atoms with Crippen LogP contribution in [-0.2, 0) is 11.0 Å². The number of carbonyl (C=O) groups is 1. The molecule has 1 nitrogen and oxygen atoms in total. The van der Waals surface area contributed by atoms with E-state index in [1.165, 1.54) is 19.1 Å². The first-order valence-corrected chi connectivity index (χ1v) is 5.07. The van der Waals surface area contributed by atoms with Crippen molar-refractivity contribution in [1.82, 2.24) is 0 Å². The number of rotatable bonds is 2. The van der Waals surface area contributed by atoms with Crippen molar-refractivity contribution in [3.63, 3.8) is 0 Å². The fourth-order valence-electron chi connectivity index (χ4n) is 1.93. The van der Waals surface area contributed by atoms with Gasteiger partial charge in [-0.05, 0) is 37.0 Å². The van der Waals surface area contributed by atoms with Crippen LogP contribution in [0.1, 0.15) is 30.4 Å². The summed E-state index contributed by atoms with van der Waals surface area (Å²) < 4.78 is 36.9. The van der Waals surface area contributed by atoms with Gasteiger partial charge in [-0.3, -0.25) is 4.79 Å². The van der Waals surface area contributed by atoms with Crippen LogP contribution < -0.4 is 0 Å². The molecule has 0 radical (unpaired) electrons. The first-order chi connectivity index (χ1) is 7.39. The van der Waals surface area contributed by atoms with E-state index in [2.05, 4.69) is 0 Å². The van der Waals surface area contributed by atoms with Gasteiger partial charge in [0.1, 0.15) is 5.78 Å². The zero-order valence-corrected chi connectivity index (χ0v) is 8.71. The fourth-order valence-corrected chi connectivity index (χ4v) is 1.93. The van der Waals surface area contributed by atoms with E-state index in [4.69, 9.17) is 0 Å². The van der Waals surface area contributed by atoms with Gasteiger partial charge in [0.2, 0.25) is 0 Å². The van der Waals surface area contributed by atoms with Gasteiger partial charge >= 0.3 is 6.18 Å². The predicted octanol–water partition coefficient (Wildman–Crippen LogP) is 3.40. The maximum atomic E-state index is 12.3. The molecule has 0 saturated heterocycles. The van der Waals surface area contributed by atoms with Gasteiger partial charge in [0.25, 0.3) is 0 Å². The summed E-state index contributed by atoms with van der Waals surface area (Å²) in [5, 5.41) is 0. The Morgan fingerprint density at radius 3 is 2.19 bits per heavy atom. The van der Waals surface area contributed by atoms with E-state index in [1.54, 1.807) is 0 Å². The van der Waals surface area contributed by atoms with Gasteiger partial charge in [0, 0.05) is 5.92 Å². The third kappa shape index (κ3) is 2.10. The van der Waals surface area contributed by atoms with Crippen molar-refractivity contribution in [3.8, 4) is 0 Å². The molecule has 2 atom stereocenters. The van der Waals surface area contributed by atoms with Crippen molar-refractivity contribution < 1.29 is 18.0 Å². The first kappa shape index (κ1) is 11.2. The van der Waals surface area contributed by atoms with E-state index < -0.39 is 11.7 Å². The van der Waals surface area contributed by atoms with Crippen LogP contribution in [0.25, 0.3) is 0 Å². The van der Waals surface area contributed by atoms with Crippen LogP contribution >= 0.6 is 0 Å². The van der Waals surface area contributed by atoms with E-state index in [9.17, 15) is 18.0 Å². The molecule has 0 spiro atoms. The molecule has 0 N–H and O–H groups in total. The van der Waals surface area contributed by atoms with Crippen LogP contribution in [0.3, 0.4) is 0 Å². The highest BCUT2D eigenvalue weighted by molar-refractivity contribution is 5.82. The average Bonchev–Trinajstić information content (AvgIpc) is 2.96.